The smallest absolute Gasteiger partial charge is 0.337 e. The normalized spacial score (nSPS) is 11.6. The molecule has 3 N–H and O–H groups in total. The summed E-state index contributed by atoms with van der Waals surface area (Å²) in [6.45, 7) is 6.16. The quantitative estimate of drug-likeness (QED) is 0.606. The number of unbranched alkanes of at least 4 members (excludes halogenated alkanes) is 2. The highest BCUT2D eigenvalue weighted by atomic mass is 32.2. The van der Waals surface area contributed by atoms with Crippen molar-refractivity contribution in [2.24, 2.45) is 0 Å². The molecule has 6 nitrogen and oxygen atoms in total. The molecule has 0 spiro atoms. The summed E-state index contributed by atoms with van der Waals surface area (Å²) in [7, 11) is -3.70. The Bertz CT molecular complexity index is 612. The van der Waals surface area contributed by atoms with Crippen molar-refractivity contribution in [3.8, 4) is 0 Å². The predicted octanol–water partition coefficient (Wildman–Crippen LogP) is 2.67. The Hall–Kier alpha value is -1.60. The van der Waals surface area contributed by atoms with Gasteiger partial charge in [-0.05, 0) is 38.5 Å². The van der Waals surface area contributed by atoms with Crippen LogP contribution in [0.1, 0.15) is 50.4 Å². The van der Waals surface area contributed by atoms with E-state index < -0.39 is 16.0 Å². The van der Waals surface area contributed by atoms with Crippen LogP contribution < -0.4 is 10.0 Å². The lowest BCUT2D eigenvalue weighted by molar-refractivity contribution is 0.0697. The number of anilines is 1. The largest absolute Gasteiger partial charge is 0.478 e. The first-order valence-electron chi connectivity index (χ1n) is 7.41. The molecule has 22 heavy (non-hydrogen) atoms. The van der Waals surface area contributed by atoms with E-state index in [-0.39, 0.29) is 16.5 Å². The van der Waals surface area contributed by atoms with Gasteiger partial charge in [-0.15, -0.1) is 0 Å². The average molecular weight is 328 g/mol. The maximum Gasteiger partial charge on any atom is 0.337 e. The molecular formula is C15H24N2O4S. The molecule has 0 heterocycles. The van der Waals surface area contributed by atoms with Crippen LogP contribution in [0.15, 0.2) is 23.1 Å². The van der Waals surface area contributed by atoms with Crippen LogP contribution in [0, 0.1) is 0 Å². The van der Waals surface area contributed by atoms with Crippen molar-refractivity contribution in [1.29, 1.82) is 0 Å². The molecule has 0 aliphatic heterocycles. The highest BCUT2D eigenvalue weighted by molar-refractivity contribution is 7.89. The van der Waals surface area contributed by atoms with Gasteiger partial charge in [0.2, 0.25) is 10.0 Å². The Kier molecular flexibility index (Phi) is 6.83. The predicted molar refractivity (Wildman–Crippen MR) is 86.9 cm³/mol. The van der Waals surface area contributed by atoms with E-state index in [0.717, 1.165) is 19.3 Å². The van der Waals surface area contributed by atoms with Gasteiger partial charge >= 0.3 is 5.97 Å². The number of benzene rings is 1. The fourth-order valence-electron chi connectivity index (χ4n) is 2.00. The topological polar surface area (TPSA) is 95.5 Å². The standard InChI is InChI=1S/C15H24N2O4S/c1-4-5-6-9-16-14-8-7-12(10-13(14)15(18)19)22(20,21)17-11(2)3/h7-8,10-11,16-17H,4-6,9H2,1-3H3,(H,18,19). The minimum absolute atomic E-state index is 0.0388. The van der Waals surface area contributed by atoms with Gasteiger partial charge < -0.3 is 10.4 Å². The second-order valence-electron chi connectivity index (χ2n) is 5.42. The Morgan fingerprint density at radius 2 is 1.95 bits per heavy atom. The van der Waals surface area contributed by atoms with Crippen LogP contribution in [-0.2, 0) is 10.0 Å². The fraction of sp³-hybridized carbons (Fsp3) is 0.533. The minimum Gasteiger partial charge on any atom is -0.478 e. The monoisotopic (exact) mass is 328 g/mol. The van der Waals surface area contributed by atoms with E-state index >= 15 is 0 Å². The maximum atomic E-state index is 12.1. The molecule has 1 aromatic carbocycles. The van der Waals surface area contributed by atoms with E-state index in [2.05, 4.69) is 17.0 Å². The van der Waals surface area contributed by atoms with Gasteiger partial charge in [0.05, 0.1) is 10.5 Å². The molecule has 0 bridgehead atoms. The molecule has 7 heteroatoms. The van der Waals surface area contributed by atoms with Crippen molar-refractivity contribution in [1.82, 2.24) is 4.72 Å². The molecule has 0 aliphatic carbocycles. The third-order valence-corrected chi connectivity index (χ3v) is 4.67. The second kappa shape index (κ2) is 8.14. The van der Waals surface area contributed by atoms with Gasteiger partial charge in [-0.3, -0.25) is 0 Å². The van der Waals surface area contributed by atoms with Crippen molar-refractivity contribution >= 4 is 21.7 Å². The maximum absolute atomic E-state index is 12.1. The first kappa shape index (κ1) is 18.4. The first-order chi connectivity index (χ1) is 10.3. The molecule has 0 saturated carbocycles. The summed E-state index contributed by atoms with van der Waals surface area (Å²) in [6, 6.07) is 3.85. The molecule has 0 saturated heterocycles. The molecule has 0 atom stereocenters. The molecule has 0 amide bonds. The summed E-state index contributed by atoms with van der Waals surface area (Å²) in [5.74, 6) is -1.15. The van der Waals surface area contributed by atoms with Crippen LogP contribution in [0.2, 0.25) is 0 Å². The number of rotatable bonds is 9. The van der Waals surface area contributed by atoms with Gasteiger partial charge in [-0.1, -0.05) is 19.8 Å². The number of aromatic carboxylic acids is 1. The van der Waals surface area contributed by atoms with Crippen molar-refractivity contribution in [2.45, 2.75) is 51.0 Å². The lowest BCUT2D eigenvalue weighted by Gasteiger charge is -2.13. The van der Waals surface area contributed by atoms with Crippen LogP contribution in [0.4, 0.5) is 5.69 Å². The zero-order valence-electron chi connectivity index (χ0n) is 13.2. The number of carboxylic acids is 1. The highest BCUT2D eigenvalue weighted by Crippen LogP contribution is 2.21. The summed E-state index contributed by atoms with van der Waals surface area (Å²) in [6.07, 6.45) is 3.07. The molecular weight excluding hydrogens is 304 g/mol. The van der Waals surface area contributed by atoms with Crippen LogP contribution in [0.5, 0.6) is 0 Å². The molecule has 124 valence electrons. The van der Waals surface area contributed by atoms with Gasteiger partial charge in [0.15, 0.2) is 0 Å². The average Bonchev–Trinajstić information content (AvgIpc) is 2.42. The number of nitrogens with one attached hydrogen (secondary N) is 2. The SMILES string of the molecule is CCCCCNc1ccc(S(=O)(=O)NC(C)C)cc1C(=O)O. The van der Waals surface area contributed by atoms with Crippen LogP contribution >= 0.6 is 0 Å². The number of sulfonamides is 1. The van der Waals surface area contributed by atoms with Gasteiger partial charge in [0.25, 0.3) is 0 Å². The summed E-state index contributed by atoms with van der Waals surface area (Å²) in [5.41, 5.74) is 0.398. The van der Waals surface area contributed by atoms with Gasteiger partial charge in [-0.2, -0.15) is 0 Å². The zero-order chi connectivity index (χ0) is 16.8. The molecule has 0 aromatic heterocycles. The third-order valence-electron chi connectivity index (χ3n) is 3.02. The van der Waals surface area contributed by atoms with E-state index in [1.807, 2.05) is 0 Å². The zero-order valence-corrected chi connectivity index (χ0v) is 14.0. The molecule has 0 fully saturated rings. The lowest BCUT2D eigenvalue weighted by atomic mass is 10.1. The van der Waals surface area contributed by atoms with Crippen molar-refractivity contribution in [3.63, 3.8) is 0 Å². The van der Waals surface area contributed by atoms with Crippen LogP contribution in [0.3, 0.4) is 0 Å². The van der Waals surface area contributed by atoms with E-state index in [9.17, 15) is 18.3 Å². The number of carbonyl (C=O) groups is 1. The van der Waals surface area contributed by atoms with Crippen molar-refractivity contribution < 1.29 is 18.3 Å². The Morgan fingerprint density at radius 1 is 1.27 bits per heavy atom. The Balaban J connectivity index is 3.02. The number of carboxylic acid groups (broad SMARTS) is 1. The second-order valence-corrected chi connectivity index (χ2v) is 7.14. The van der Waals surface area contributed by atoms with Gasteiger partial charge in [-0.25, -0.2) is 17.9 Å². The molecule has 1 rings (SSSR count). The van der Waals surface area contributed by atoms with E-state index in [1.165, 1.54) is 18.2 Å². The van der Waals surface area contributed by atoms with E-state index in [4.69, 9.17) is 0 Å². The fourth-order valence-corrected chi connectivity index (χ4v) is 3.27. The van der Waals surface area contributed by atoms with Crippen molar-refractivity contribution in [2.75, 3.05) is 11.9 Å². The summed E-state index contributed by atoms with van der Waals surface area (Å²) in [4.78, 5) is 11.3. The number of hydrogen-bond donors (Lipinski definition) is 3. The molecule has 0 radical (unpaired) electrons. The Morgan fingerprint density at radius 3 is 2.50 bits per heavy atom. The summed E-state index contributed by atoms with van der Waals surface area (Å²) < 4.78 is 26.6. The Labute approximate surface area is 132 Å². The van der Waals surface area contributed by atoms with Crippen molar-refractivity contribution in [3.05, 3.63) is 23.8 Å². The first-order valence-corrected chi connectivity index (χ1v) is 8.89. The summed E-state index contributed by atoms with van der Waals surface area (Å²) >= 11 is 0. The van der Waals surface area contributed by atoms with Crippen LogP contribution in [-0.4, -0.2) is 32.1 Å². The van der Waals surface area contributed by atoms with Crippen LogP contribution in [0.25, 0.3) is 0 Å². The van der Waals surface area contributed by atoms with E-state index in [0.29, 0.717) is 12.2 Å². The highest BCUT2D eigenvalue weighted by Gasteiger charge is 2.19. The molecule has 0 aliphatic rings. The van der Waals surface area contributed by atoms with Gasteiger partial charge in [0, 0.05) is 18.3 Å². The molecule has 0 unspecified atom stereocenters. The third kappa shape index (κ3) is 5.31. The minimum atomic E-state index is -3.70. The number of hydrogen-bond acceptors (Lipinski definition) is 4. The van der Waals surface area contributed by atoms with Gasteiger partial charge in [0.1, 0.15) is 0 Å². The molecule has 1 aromatic rings. The lowest BCUT2D eigenvalue weighted by Crippen LogP contribution is -2.30. The summed E-state index contributed by atoms with van der Waals surface area (Å²) in [5, 5.41) is 12.3. The van der Waals surface area contributed by atoms with E-state index in [1.54, 1.807) is 13.8 Å².